The summed E-state index contributed by atoms with van der Waals surface area (Å²) in [4.78, 5) is 4.85. The fourth-order valence-electron chi connectivity index (χ4n) is 3.58. The second kappa shape index (κ2) is 10.5. The second-order valence-corrected chi connectivity index (χ2v) is 8.31. The first-order valence-corrected chi connectivity index (χ1v) is 10.6. The maximum atomic E-state index is 6.15. The van der Waals surface area contributed by atoms with Gasteiger partial charge in [-0.1, -0.05) is 29.8 Å². The zero-order valence-electron chi connectivity index (χ0n) is 16.6. The van der Waals surface area contributed by atoms with Crippen molar-refractivity contribution in [3.05, 3.63) is 57.9 Å². The number of rotatable bonds is 8. The Morgan fingerprint density at radius 3 is 2.54 bits per heavy atom. The third-order valence-corrected chi connectivity index (χ3v) is 5.72. The summed E-state index contributed by atoms with van der Waals surface area (Å²) in [5.41, 5.74) is 7.37. The lowest BCUT2D eigenvalue weighted by Crippen LogP contribution is -2.45. The van der Waals surface area contributed by atoms with Crippen LogP contribution >= 0.6 is 23.2 Å². The monoisotopic (exact) mass is 424 g/mol. The fourth-order valence-corrected chi connectivity index (χ4v) is 4.15. The van der Waals surface area contributed by atoms with E-state index in [1.807, 2.05) is 18.3 Å². The van der Waals surface area contributed by atoms with Gasteiger partial charge in [0.1, 0.15) is 0 Å². The van der Waals surface area contributed by atoms with Crippen LogP contribution in [0.2, 0.25) is 10.0 Å². The minimum absolute atomic E-state index is 0.686. The van der Waals surface area contributed by atoms with Gasteiger partial charge in [0.05, 0.1) is 19.8 Å². The van der Waals surface area contributed by atoms with E-state index < -0.39 is 0 Å². The van der Waals surface area contributed by atoms with Crippen molar-refractivity contribution in [2.75, 3.05) is 52.5 Å². The first kappa shape index (κ1) is 21.5. The van der Waals surface area contributed by atoms with E-state index in [0.29, 0.717) is 10.0 Å². The molecule has 0 saturated carbocycles. The molecule has 1 aromatic carbocycles. The van der Waals surface area contributed by atoms with Gasteiger partial charge in [-0.05, 0) is 42.7 Å². The Balaban J connectivity index is 1.54. The quantitative estimate of drug-likeness (QED) is 0.642. The highest BCUT2D eigenvalue weighted by Crippen LogP contribution is 2.23. The molecule has 28 heavy (non-hydrogen) atoms. The number of ether oxygens (including phenoxy) is 1. The topological polar surface area (TPSA) is 31.0 Å². The highest BCUT2D eigenvalue weighted by Gasteiger charge is 2.19. The van der Waals surface area contributed by atoms with Crippen LogP contribution in [0.5, 0.6) is 0 Å². The molecule has 7 heteroatoms. The number of halogens is 2. The zero-order valence-corrected chi connectivity index (χ0v) is 18.1. The largest absolute Gasteiger partial charge is 0.379 e. The molecule has 2 aliphatic heterocycles. The Hall–Kier alpha value is -1.24. The normalized spacial score (nSPS) is 19.0. The molecule has 0 spiro atoms. The third-order valence-electron chi connectivity index (χ3n) is 5.29. The Morgan fingerprint density at radius 2 is 1.86 bits per heavy atom. The average Bonchev–Trinajstić information content (AvgIpc) is 2.67. The molecule has 1 N–H and O–H groups in total. The van der Waals surface area contributed by atoms with Crippen molar-refractivity contribution < 1.29 is 4.74 Å². The first-order valence-electron chi connectivity index (χ1n) is 9.85. The molecule has 154 valence electrons. The molecule has 0 unspecified atom stereocenters. The molecule has 0 aliphatic carbocycles. The van der Waals surface area contributed by atoms with Crippen molar-refractivity contribution in [1.82, 2.24) is 20.2 Å². The highest BCUT2D eigenvalue weighted by molar-refractivity contribution is 6.34. The molecule has 2 aliphatic rings. The molecule has 0 aromatic heterocycles. The van der Waals surface area contributed by atoms with Gasteiger partial charge in [-0.25, -0.2) is 0 Å². The summed E-state index contributed by atoms with van der Waals surface area (Å²) in [6.45, 7) is 14.5. The van der Waals surface area contributed by atoms with Gasteiger partial charge in [0.15, 0.2) is 0 Å². The van der Waals surface area contributed by atoms with Gasteiger partial charge in [-0.2, -0.15) is 0 Å². The summed E-state index contributed by atoms with van der Waals surface area (Å²) in [7, 11) is 0. The number of morpholine rings is 1. The summed E-state index contributed by atoms with van der Waals surface area (Å²) in [5, 5.41) is 3.46. The molecule has 3 rings (SSSR count). The van der Waals surface area contributed by atoms with Crippen LogP contribution in [0.1, 0.15) is 18.9 Å². The molecule has 1 saturated heterocycles. The predicted molar refractivity (Wildman–Crippen MR) is 116 cm³/mol. The Morgan fingerprint density at radius 1 is 1.14 bits per heavy atom. The number of benzene rings is 1. The van der Waals surface area contributed by atoms with Crippen LogP contribution in [0.4, 0.5) is 0 Å². The van der Waals surface area contributed by atoms with Crippen molar-refractivity contribution in [2.24, 2.45) is 0 Å². The van der Waals surface area contributed by atoms with Crippen molar-refractivity contribution in [3.63, 3.8) is 0 Å². The summed E-state index contributed by atoms with van der Waals surface area (Å²) >= 11 is 12.3. The third kappa shape index (κ3) is 6.39. The molecule has 2 heterocycles. The van der Waals surface area contributed by atoms with Crippen LogP contribution in [-0.4, -0.2) is 67.3 Å². The molecule has 0 atom stereocenters. The maximum absolute atomic E-state index is 6.15. The molecule has 1 fully saturated rings. The summed E-state index contributed by atoms with van der Waals surface area (Å²) in [6, 6.07) is 5.75. The van der Waals surface area contributed by atoms with Crippen LogP contribution in [-0.2, 0) is 11.3 Å². The Kier molecular flexibility index (Phi) is 8.06. The predicted octanol–water partition coefficient (Wildman–Crippen LogP) is 3.76. The van der Waals surface area contributed by atoms with E-state index in [2.05, 4.69) is 33.7 Å². The van der Waals surface area contributed by atoms with E-state index in [1.54, 1.807) is 6.07 Å². The van der Waals surface area contributed by atoms with Gasteiger partial charge < -0.3 is 10.2 Å². The summed E-state index contributed by atoms with van der Waals surface area (Å²) < 4.78 is 5.42. The van der Waals surface area contributed by atoms with E-state index in [-0.39, 0.29) is 0 Å². The van der Waals surface area contributed by atoms with Crippen LogP contribution in [0.3, 0.4) is 0 Å². The van der Waals surface area contributed by atoms with E-state index >= 15 is 0 Å². The van der Waals surface area contributed by atoms with E-state index in [0.717, 1.165) is 71.0 Å². The van der Waals surface area contributed by atoms with Gasteiger partial charge in [-0.15, -0.1) is 0 Å². The van der Waals surface area contributed by atoms with Crippen molar-refractivity contribution in [1.29, 1.82) is 0 Å². The van der Waals surface area contributed by atoms with Gasteiger partial charge in [0.2, 0.25) is 0 Å². The van der Waals surface area contributed by atoms with Gasteiger partial charge in [0.25, 0.3) is 0 Å². The van der Waals surface area contributed by atoms with Crippen LogP contribution in [0.25, 0.3) is 0 Å². The Bertz CT molecular complexity index is 683. The lowest BCUT2D eigenvalue weighted by Gasteiger charge is -2.35. The van der Waals surface area contributed by atoms with Crippen molar-refractivity contribution in [2.45, 2.75) is 19.9 Å². The Labute approximate surface area is 178 Å². The summed E-state index contributed by atoms with van der Waals surface area (Å²) in [6.07, 6.45) is 2.92. The van der Waals surface area contributed by atoms with Crippen LogP contribution in [0.15, 0.2) is 42.2 Å². The van der Waals surface area contributed by atoms with Crippen molar-refractivity contribution >= 4 is 23.2 Å². The molecule has 5 nitrogen and oxygen atoms in total. The van der Waals surface area contributed by atoms with E-state index in [9.17, 15) is 0 Å². The van der Waals surface area contributed by atoms with E-state index in [1.165, 1.54) is 11.3 Å². The molecule has 1 aromatic rings. The molecule has 0 radical (unpaired) electrons. The SMILES string of the molecule is C=CN(CCN1CCOCC1)NC1=C(C)CCN(Cc2cc(Cl)cc(Cl)c2)C1. The number of hydrogen-bond acceptors (Lipinski definition) is 5. The van der Waals surface area contributed by atoms with Gasteiger partial charge >= 0.3 is 0 Å². The maximum Gasteiger partial charge on any atom is 0.0594 e. The van der Waals surface area contributed by atoms with Crippen LogP contribution in [0, 0.1) is 0 Å². The number of hydrogen-bond donors (Lipinski definition) is 1. The fraction of sp³-hybridized carbons (Fsp3) is 0.524. The number of hydrazine groups is 1. The minimum Gasteiger partial charge on any atom is -0.379 e. The molecular formula is C21H30Cl2N4O. The highest BCUT2D eigenvalue weighted by atomic mass is 35.5. The zero-order chi connectivity index (χ0) is 19.9. The molecule has 0 amide bonds. The van der Waals surface area contributed by atoms with Crippen molar-refractivity contribution in [3.8, 4) is 0 Å². The lowest BCUT2D eigenvalue weighted by molar-refractivity contribution is 0.0337. The number of nitrogens with one attached hydrogen (secondary N) is 1. The molecular weight excluding hydrogens is 395 g/mol. The smallest absolute Gasteiger partial charge is 0.0594 e. The lowest BCUT2D eigenvalue weighted by atomic mass is 10.1. The van der Waals surface area contributed by atoms with Gasteiger partial charge in [-0.3, -0.25) is 14.8 Å². The van der Waals surface area contributed by atoms with Crippen LogP contribution < -0.4 is 5.43 Å². The molecule has 0 bridgehead atoms. The minimum atomic E-state index is 0.686. The second-order valence-electron chi connectivity index (χ2n) is 7.44. The van der Waals surface area contributed by atoms with E-state index in [4.69, 9.17) is 27.9 Å². The standard InChI is InChI=1S/C21H30Cl2N4O/c1-3-27(7-6-25-8-10-28-11-9-25)24-21-16-26(5-4-17(21)2)15-18-12-19(22)14-20(23)13-18/h3,12-14,24H,1,4-11,15-16H2,2H3. The first-order chi connectivity index (χ1) is 13.5. The average molecular weight is 425 g/mol. The number of nitrogens with zero attached hydrogens (tertiary/aromatic N) is 3. The summed E-state index contributed by atoms with van der Waals surface area (Å²) in [5.74, 6) is 0. The van der Waals surface area contributed by atoms with Gasteiger partial charge in [0, 0.05) is 61.2 Å².